The number of benzene rings is 1. The van der Waals surface area contributed by atoms with E-state index >= 15 is 0 Å². The molecule has 0 aliphatic heterocycles. The highest BCUT2D eigenvalue weighted by Crippen LogP contribution is 2.22. The van der Waals surface area contributed by atoms with Crippen LogP contribution in [0.4, 0.5) is 0 Å². The van der Waals surface area contributed by atoms with Crippen molar-refractivity contribution in [3.63, 3.8) is 0 Å². The number of aryl methyl sites for hydroxylation is 1. The number of halogens is 1. The number of aromatic nitrogens is 1. The highest BCUT2D eigenvalue weighted by Gasteiger charge is 2.00. The molecule has 2 aromatic rings. The summed E-state index contributed by atoms with van der Waals surface area (Å²) in [5, 5.41) is 0.777. The average Bonchev–Trinajstić information content (AvgIpc) is 2.51. The Kier molecular flexibility index (Phi) is 2.11. The van der Waals surface area contributed by atoms with Gasteiger partial charge in [-0.05, 0) is 29.8 Å². The van der Waals surface area contributed by atoms with E-state index in [1.54, 1.807) is 0 Å². The summed E-state index contributed by atoms with van der Waals surface area (Å²) in [6.45, 7) is 0. The van der Waals surface area contributed by atoms with Gasteiger partial charge in [-0.2, -0.15) is 0 Å². The molecule has 1 heterocycles. The van der Waals surface area contributed by atoms with Crippen LogP contribution in [-0.2, 0) is 7.05 Å². The van der Waals surface area contributed by atoms with Gasteiger partial charge in [0.15, 0.2) is 0 Å². The third-order valence-electron chi connectivity index (χ3n) is 2.06. The van der Waals surface area contributed by atoms with Crippen molar-refractivity contribution in [3.05, 3.63) is 47.6 Å². The van der Waals surface area contributed by atoms with Crippen LogP contribution in [0.1, 0.15) is 0 Å². The zero-order valence-electron chi connectivity index (χ0n) is 7.37. The quantitative estimate of drug-likeness (QED) is 0.652. The van der Waals surface area contributed by atoms with Gasteiger partial charge in [0.05, 0.1) is 0 Å². The Labute approximate surface area is 82.6 Å². The lowest BCUT2D eigenvalue weighted by Crippen LogP contribution is -1.88. The molecular weight excluding hydrogens is 182 g/mol. The van der Waals surface area contributed by atoms with Gasteiger partial charge in [-0.15, -0.1) is 0 Å². The molecule has 13 heavy (non-hydrogen) atoms. The summed E-state index contributed by atoms with van der Waals surface area (Å²) in [7, 11) is 2.02. The van der Waals surface area contributed by atoms with Crippen molar-refractivity contribution >= 4 is 11.6 Å². The molecule has 0 aliphatic rings. The molecule has 2 rings (SSSR count). The average molecular weight is 192 g/mol. The Morgan fingerprint density at radius 2 is 2.00 bits per heavy atom. The topological polar surface area (TPSA) is 4.93 Å². The smallest absolute Gasteiger partial charge is 0.0478 e. The standard InChI is InChI=1S/C11H10ClN/c1-13-7-3-6-11(13)9-4-2-5-10(12)8-9/h2-8H,1H3. The van der Waals surface area contributed by atoms with Gasteiger partial charge >= 0.3 is 0 Å². The zero-order chi connectivity index (χ0) is 9.26. The van der Waals surface area contributed by atoms with E-state index in [0.29, 0.717) is 0 Å². The summed E-state index contributed by atoms with van der Waals surface area (Å²) < 4.78 is 2.08. The van der Waals surface area contributed by atoms with Crippen molar-refractivity contribution in [2.75, 3.05) is 0 Å². The molecule has 1 nitrogen and oxygen atoms in total. The molecule has 1 aromatic heterocycles. The molecule has 0 atom stereocenters. The van der Waals surface area contributed by atoms with E-state index in [9.17, 15) is 0 Å². The van der Waals surface area contributed by atoms with Crippen LogP contribution in [0.2, 0.25) is 5.02 Å². The van der Waals surface area contributed by atoms with Crippen molar-refractivity contribution in [3.8, 4) is 11.3 Å². The first-order chi connectivity index (χ1) is 6.27. The number of nitrogens with zero attached hydrogens (tertiary/aromatic N) is 1. The van der Waals surface area contributed by atoms with Gasteiger partial charge < -0.3 is 4.57 Å². The predicted octanol–water partition coefficient (Wildman–Crippen LogP) is 3.35. The van der Waals surface area contributed by atoms with Crippen LogP contribution in [-0.4, -0.2) is 4.57 Å². The SMILES string of the molecule is Cn1cccc1-c1cccc(Cl)c1. The summed E-state index contributed by atoms with van der Waals surface area (Å²) in [5.74, 6) is 0. The van der Waals surface area contributed by atoms with Gasteiger partial charge in [0.2, 0.25) is 0 Å². The van der Waals surface area contributed by atoms with Crippen LogP contribution in [0.15, 0.2) is 42.6 Å². The minimum absolute atomic E-state index is 0.777. The van der Waals surface area contributed by atoms with Crippen LogP contribution < -0.4 is 0 Å². The molecule has 1 aromatic carbocycles. The van der Waals surface area contributed by atoms with Gasteiger partial charge in [-0.3, -0.25) is 0 Å². The molecular formula is C11H10ClN. The first-order valence-electron chi connectivity index (χ1n) is 4.14. The van der Waals surface area contributed by atoms with E-state index < -0.39 is 0 Å². The summed E-state index contributed by atoms with van der Waals surface area (Å²) in [6.07, 6.45) is 2.02. The van der Waals surface area contributed by atoms with Crippen LogP contribution in [0.25, 0.3) is 11.3 Å². The van der Waals surface area contributed by atoms with Crippen molar-refractivity contribution in [2.24, 2.45) is 7.05 Å². The number of hydrogen-bond acceptors (Lipinski definition) is 0. The second-order valence-corrected chi connectivity index (χ2v) is 3.45. The lowest BCUT2D eigenvalue weighted by Gasteiger charge is -2.03. The molecule has 66 valence electrons. The fourth-order valence-electron chi connectivity index (χ4n) is 1.41. The van der Waals surface area contributed by atoms with Crippen LogP contribution >= 0.6 is 11.6 Å². The lowest BCUT2D eigenvalue weighted by atomic mass is 10.1. The third-order valence-corrected chi connectivity index (χ3v) is 2.30. The van der Waals surface area contributed by atoms with Gasteiger partial charge in [-0.25, -0.2) is 0 Å². The molecule has 2 heteroatoms. The molecule has 0 fully saturated rings. The van der Waals surface area contributed by atoms with Gasteiger partial charge in [-0.1, -0.05) is 23.7 Å². The fraction of sp³-hybridized carbons (Fsp3) is 0.0909. The largest absolute Gasteiger partial charge is 0.351 e. The van der Waals surface area contributed by atoms with Crippen LogP contribution in [0.5, 0.6) is 0 Å². The van der Waals surface area contributed by atoms with Crippen LogP contribution in [0.3, 0.4) is 0 Å². The monoisotopic (exact) mass is 191 g/mol. The highest BCUT2D eigenvalue weighted by atomic mass is 35.5. The normalized spacial score (nSPS) is 10.3. The van der Waals surface area contributed by atoms with Crippen molar-refractivity contribution in [2.45, 2.75) is 0 Å². The van der Waals surface area contributed by atoms with Crippen LogP contribution in [0, 0.1) is 0 Å². The molecule has 0 spiro atoms. The molecule has 0 unspecified atom stereocenters. The van der Waals surface area contributed by atoms with E-state index in [4.69, 9.17) is 11.6 Å². The Morgan fingerprint density at radius 1 is 1.15 bits per heavy atom. The van der Waals surface area contributed by atoms with Crippen molar-refractivity contribution in [1.29, 1.82) is 0 Å². The van der Waals surface area contributed by atoms with E-state index in [2.05, 4.69) is 16.7 Å². The zero-order valence-corrected chi connectivity index (χ0v) is 8.12. The Morgan fingerprint density at radius 3 is 2.62 bits per heavy atom. The molecule has 0 bridgehead atoms. The third kappa shape index (κ3) is 1.61. The van der Waals surface area contributed by atoms with E-state index in [1.165, 1.54) is 5.69 Å². The molecule has 0 radical (unpaired) electrons. The maximum atomic E-state index is 5.90. The Hall–Kier alpha value is -1.21. The Bertz CT molecular complexity index is 418. The molecule has 0 saturated heterocycles. The van der Waals surface area contributed by atoms with E-state index in [1.807, 2.05) is 37.5 Å². The second-order valence-electron chi connectivity index (χ2n) is 3.01. The number of hydrogen-bond donors (Lipinski definition) is 0. The highest BCUT2D eigenvalue weighted by molar-refractivity contribution is 6.30. The van der Waals surface area contributed by atoms with Crippen molar-refractivity contribution < 1.29 is 0 Å². The first-order valence-corrected chi connectivity index (χ1v) is 4.52. The maximum absolute atomic E-state index is 5.90. The van der Waals surface area contributed by atoms with Crippen molar-refractivity contribution in [1.82, 2.24) is 4.57 Å². The molecule has 0 aliphatic carbocycles. The van der Waals surface area contributed by atoms with Gasteiger partial charge in [0, 0.05) is 24.0 Å². The van der Waals surface area contributed by atoms with E-state index in [0.717, 1.165) is 10.6 Å². The van der Waals surface area contributed by atoms with Gasteiger partial charge in [0.25, 0.3) is 0 Å². The first kappa shape index (κ1) is 8.39. The Balaban J connectivity index is 2.53. The lowest BCUT2D eigenvalue weighted by molar-refractivity contribution is 0.937. The minimum atomic E-state index is 0.777. The summed E-state index contributed by atoms with van der Waals surface area (Å²) in [4.78, 5) is 0. The number of rotatable bonds is 1. The second kappa shape index (κ2) is 3.27. The fourth-order valence-corrected chi connectivity index (χ4v) is 1.60. The summed E-state index contributed by atoms with van der Waals surface area (Å²) in [6, 6.07) is 12.0. The molecule has 0 N–H and O–H groups in total. The predicted molar refractivity (Wildman–Crippen MR) is 55.9 cm³/mol. The summed E-state index contributed by atoms with van der Waals surface area (Å²) in [5.41, 5.74) is 2.34. The van der Waals surface area contributed by atoms with Gasteiger partial charge in [0.1, 0.15) is 0 Å². The van der Waals surface area contributed by atoms with E-state index in [-0.39, 0.29) is 0 Å². The molecule has 0 saturated carbocycles. The molecule has 0 amide bonds. The summed E-state index contributed by atoms with van der Waals surface area (Å²) >= 11 is 5.90. The maximum Gasteiger partial charge on any atom is 0.0478 e. The minimum Gasteiger partial charge on any atom is -0.351 e.